The smallest absolute Gasteiger partial charge is 0.156 e. The Bertz CT molecular complexity index is 694. The molecule has 1 fully saturated rings. The maximum absolute atomic E-state index is 4.44. The van der Waals surface area contributed by atoms with Gasteiger partial charge in [0.05, 0.1) is 5.52 Å². The van der Waals surface area contributed by atoms with E-state index < -0.39 is 0 Å². The number of nitrogens with one attached hydrogen (secondary N) is 1. The van der Waals surface area contributed by atoms with Crippen molar-refractivity contribution in [3.63, 3.8) is 0 Å². The van der Waals surface area contributed by atoms with Crippen molar-refractivity contribution < 1.29 is 0 Å². The summed E-state index contributed by atoms with van der Waals surface area (Å²) in [6.07, 6.45) is 9.29. The lowest BCUT2D eigenvalue weighted by Gasteiger charge is -2.33. The molecule has 0 amide bonds. The van der Waals surface area contributed by atoms with E-state index in [2.05, 4.69) is 34.6 Å². The predicted octanol–water partition coefficient (Wildman–Crippen LogP) is 1.39. The molecular formula is C13H15N7. The number of piperidine rings is 1. The Hall–Kier alpha value is -2.44. The molecule has 102 valence electrons. The molecule has 7 heteroatoms. The van der Waals surface area contributed by atoms with Gasteiger partial charge in [0.1, 0.15) is 24.5 Å². The number of hydrogen-bond donors (Lipinski definition) is 1. The van der Waals surface area contributed by atoms with Crippen LogP contribution in [0.5, 0.6) is 0 Å². The molecule has 1 aliphatic rings. The van der Waals surface area contributed by atoms with Crippen LogP contribution in [0.4, 0.5) is 5.82 Å². The Morgan fingerprint density at radius 3 is 2.70 bits per heavy atom. The van der Waals surface area contributed by atoms with Crippen LogP contribution in [0.1, 0.15) is 18.9 Å². The van der Waals surface area contributed by atoms with E-state index in [1.54, 1.807) is 19.0 Å². The number of rotatable bonds is 2. The van der Waals surface area contributed by atoms with Crippen LogP contribution >= 0.6 is 0 Å². The van der Waals surface area contributed by atoms with E-state index in [1.165, 1.54) is 0 Å². The Balaban J connectivity index is 1.56. The minimum Gasteiger partial charge on any atom is -0.357 e. The van der Waals surface area contributed by atoms with Crippen LogP contribution in [0.25, 0.3) is 11.0 Å². The zero-order valence-corrected chi connectivity index (χ0v) is 11.0. The zero-order chi connectivity index (χ0) is 13.4. The first-order valence-electron chi connectivity index (χ1n) is 6.79. The zero-order valence-electron chi connectivity index (χ0n) is 11.0. The molecule has 0 atom stereocenters. The summed E-state index contributed by atoms with van der Waals surface area (Å²) < 4.78 is 2.10. The van der Waals surface area contributed by atoms with Gasteiger partial charge in [0, 0.05) is 25.3 Å². The first kappa shape index (κ1) is 11.4. The van der Waals surface area contributed by atoms with Crippen LogP contribution in [0.15, 0.2) is 31.2 Å². The average molecular weight is 269 g/mol. The number of H-pyrrole nitrogens is 1. The van der Waals surface area contributed by atoms with Crippen LogP contribution in [-0.4, -0.2) is 42.8 Å². The molecule has 1 aliphatic heterocycles. The lowest BCUT2D eigenvalue weighted by atomic mass is 10.1. The number of aromatic amines is 1. The summed E-state index contributed by atoms with van der Waals surface area (Å²) in [6.45, 7) is 1.96. The summed E-state index contributed by atoms with van der Waals surface area (Å²) in [5.74, 6) is 1.00. The third-order valence-corrected chi connectivity index (χ3v) is 3.95. The molecule has 20 heavy (non-hydrogen) atoms. The highest BCUT2D eigenvalue weighted by atomic mass is 15.3. The molecule has 7 nitrogen and oxygen atoms in total. The standard InChI is InChI=1S/C13H15N7/c1-4-14-12-11(1)15-7-16-13(12)19-5-2-10(3-6-19)20-8-17-18-9-20/h1,4,7-10,14H,2-3,5-6H2. The van der Waals surface area contributed by atoms with E-state index in [4.69, 9.17) is 0 Å². The highest BCUT2D eigenvalue weighted by Crippen LogP contribution is 2.28. The van der Waals surface area contributed by atoms with Crippen LogP contribution in [0.2, 0.25) is 0 Å². The highest BCUT2D eigenvalue weighted by molar-refractivity contribution is 5.85. The topological polar surface area (TPSA) is 75.5 Å². The fourth-order valence-corrected chi connectivity index (χ4v) is 2.87. The molecule has 4 rings (SSSR count). The van der Waals surface area contributed by atoms with Crippen LogP contribution in [-0.2, 0) is 0 Å². The van der Waals surface area contributed by atoms with Crippen molar-refractivity contribution in [1.29, 1.82) is 0 Å². The molecule has 4 heterocycles. The molecule has 0 bridgehead atoms. The Labute approximate surface area is 115 Å². The normalized spacial score (nSPS) is 16.9. The summed E-state index contributed by atoms with van der Waals surface area (Å²) in [7, 11) is 0. The molecule has 0 aliphatic carbocycles. The van der Waals surface area contributed by atoms with Crippen molar-refractivity contribution in [3.05, 3.63) is 31.2 Å². The predicted molar refractivity (Wildman–Crippen MR) is 74.4 cm³/mol. The van der Waals surface area contributed by atoms with E-state index in [1.807, 2.05) is 12.3 Å². The van der Waals surface area contributed by atoms with Gasteiger partial charge in [0.2, 0.25) is 0 Å². The maximum atomic E-state index is 4.44. The van der Waals surface area contributed by atoms with Gasteiger partial charge in [-0.25, -0.2) is 9.97 Å². The minimum atomic E-state index is 0.488. The third-order valence-electron chi connectivity index (χ3n) is 3.95. The monoisotopic (exact) mass is 269 g/mol. The SMILES string of the molecule is c1nc(N2CCC(n3cnnc3)CC2)c2[nH]ccc2n1. The molecule has 0 aromatic carbocycles. The van der Waals surface area contributed by atoms with E-state index in [9.17, 15) is 0 Å². The second kappa shape index (κ2) is 4.59. The minimum absolute atomic E-state index is 0.488. The van der Waals surface area contributed by atoms with Gasteiger partial charge in [0.25, 0.3) is 0 Å². The van der Waals surface area contributed by atoms with Crippen molar-refractivity contribution in [2.24, 2.45) is 0 Å². The fourth-order valence-electron chi connectivity index (χ4n) is 2.87. The molecule has 0 spiro atoms. The van der Waals surface area contributed by atoms with Crippen molar-refractivity contribution in [2.45, 2.75) is 18.9 Å². The van der Waals surface area contributed by atoms with E-state index in [0.29, 0.717) is 6.04 Å². The van der Waals surface area contributed by atoms with Crippen molar-refractivity contribution in [2.75, 3.05) is 18.0 Å². The lowest BCUT2D eigenvalue weighted by molar-refractivity contribution is 0.394. The number of anilines is 1. The number of fused-ring (bicyclic) bond motifs is 1. The molecular weight excluding hydrogens is 254 g/mol. The van der Waals surface area contributed by atoms with Crippen molar-refractivity contribution >= 4 is 16.9 Å². The maximum Gasteiger partial charge on any atom is 0.156 e. The van der Waals surface area contributed by atoms with Crippen LogP contribution < -0.4 is 4.90 Å². The molecule has 3 aromatic heterocycles. The highest BCUT2D eigenvalue weighted by Gasteiger charge is 2.22. The molecule has 0 radical (unpaired) electrons. The van der Waals surface area contributed by atoms with Crippen LogP contribution in [0, 0.1) is 0 Å². The lowest BCUT2D eigenvalue weighted by Crippen LogP contribution is -2.35. The largest absolute Gasteiger partial charge is 0.357 e. The first-order valence-corrected chi connectivity index (χ1v) is 6.79. The van der Waals surface area contributed by atoms with Gasteiger partial charge in [-0.2, -0.15) is 0 Å². The fraction of sp³-hybridized carbons (Fsp3) is 0.385. The summed E-state index contributed by atoms with van der Waals surface area (Å²) in [6, 6.07) is 2.46. The third kappa shape index (κ3) is 1.82. The number of nitrogens with zero attached hydrogens (tertiary/aromatic N) is 6. The Morgan fingerprint density at radius 2 is 1.90 bits per heavy atom. The van der Waals surface area contributed by atoms with Crippen molar-refractivity contribution in [1.82, 2.24) is 29.7 Å². The second-order valence-corrected chi connectivity index (χ2v) is 5.06. The quantitative estimate of drug-likeness (QED) is 0.761. The van der Waals surface area contributed by atoms with E-state index >= 15 is 0 Å². The van der Waals surface area contributed by atoms with Gasteiger partial charge < -0.3 is 14.5 Å². The van der Waals surface area contributed by atoms with Gasteiger partial charge in [-0.1, -0.05) is 0 Å². The van der Waals surface area contributed by atoms with E-state index in [0.717, 1.165) is 42.8 Å². The summed E-state index contributed by atoms with van der Waals surface area (Å²) in [5.41, 5.74) is 1.99. The van der Waals surface area contributed by atoms with Crippen LogP contribution in [0.3, 0.4) is 0 Å². The number of hydrogen-bond acceptors (Lipinski definition) is 5. The summed E-state index contributed by atoms with van der Waals surface area (Å²) >= 11 is 0. The van der Waals surface area contributed by atoms with Gasteiger partial charge in [-0.3, -0.25) is 0 Å². The number of aromatic nitrogens is 6. The summed E-state index contributed by atoms with van der Waals surface area (Å²) in [5, 5.41) is 7.76. The molecule has 0 unspecified atom stereocenters. The van der Waals surface area contributed by atoms with E-state index in [-0.39, 0.29) is 0 Å². The molecule has 3 aromatic rings. The molecule has 1 N–H and O–H groups in total. The van der Waals surface area contributed by atoms with Crippen molar-refractivity contribution in [3.8, 4) is 0 Å². The summed E-state index contributed by atoms with van der Waals surface area (Å²) in [4.78, 5) is 14.3. The molecule has 0 saturated carbocycles. The second-order valence-electron chi connectivity index (χ2n) is 5.06. The van der Waals surface area contributed by atoms with Gasteiger partial charge in [-0.05, 0) is 18.9 Å². The van der Waals surface area contributed by atoms with Gasteiger partial charge >= 0.3 is 0 Å². The average Bonchev–Trinajstić information content (AvgIpc) is 3.18. The van der Waals surface area contributed by atoms with Gasteiger partial charge in [0.15, 0.2) is 5.82 Å². The Kier molecular flexibility index (Phi) is 2.61. The van der Waals surface area contributed by atoms with Gasteiger partial charge in [-0.15, -0.1) is 10.2 Å². The Morgan fingerprint density at radius 1 is 1.10 bits per heavy atom. The molecule has 1 saturated heterocycles. The first-order chi connectivity index (χ1) is 9.92.